The van der Waals surface area contributed by atoms with Gasteiger partial charge in [-0.15, -0.1) is 13.2 Å². The fourth-order valence-corrected chi connectivity index (χ4v) is 3.09. The first-order chi connectivity index (χ1) is 11.6. The van der Waals surface area contributed by atoms with Crippen molar-refractivity contribution in [1.82, 2.24) is 4.72 Å². The van der Waals surface area contributed by atoms with Crippen molar-refractivity contribution in [3.05, 3.63) is 54.1 Å². The first kappa shape index (κ1) is 19.3. The van der Waals surface area contributed by atoms with Crippen molar-refractivity contribution in [2.75, 3.05) is 0 Å². The summed E-state index contributed by atoms with van der Waals surface area (Å²) in [4.78, 5) is -0.644. The van der Waals surface area contributed by atoms with Gasteiger partial charge in [-0.05, 0) is 23.2 Å². The lowest BCUT2D eigenvalue weighted by Gasteiger charge is -2.14. The van der Waals surface area contributed by atoms with E-state index in [4.69, 9.17) is 10.0 Å². The van der Waals surface area contributed by atoms with Crippen molar-refractivity contribution in [2.24, 2.45) is 0 Å². The van der Waals surface area contributed by atoms with Crippen molar-refractivity contribution >= 4 is 22.6 Å². The summed E-state index contributed by atoms with van der Waals surface area (Å²) in [6, 6.07) is 10.1. The van der Waals surface area contributed by atoms with Gasteiger partial charge in [0.05, 0.1) is 0 Å². The van der Waals surface area contributed by atoms with Crippen LogP contribution in [0, 0.1) is 0 Å². The molecule has 2 aromatic rings. The highest BCUT2D eigenvalue weighted by atomic mass is 32.2. The van der Waals surface area contributed by atoms with E-state index in [-0.39, 0.29) is 12.0 Å². The molecule has 134 valence electrons. The summed E-state index contributed by atoms with van der Waals surface area (Å²) in [5, 5.41) is 18.0. The number of nitrogens with one attached hydrogen (secondary N) is 1. The standard InChI is InChI=1S/C14H13BF3NO5S/c16-14(17,18)24-12-3-1-2-4-13(12)25(22,23)19-9-10-5-7-11(8-6-10)15(20)21/h1-8,19-21H,9H2. The number of para-hydroxylation sites is 1. The number of hydrogen-bond donors (Lipinski definition) is 3. The number of benzene rings is 2. The van der Waals surface area contributed by atoms with E-state index in [1.165, 1.54) is 36.4 Å². The topological polar surface area (TPSA) is 95.9 Å². The van der Waals surface area contributed by atoms with Crippen LogP contribution in [0.4, 0.5) is 13.2 Å². The third kappa shape index (κ3) is 5.46. The molecule has 6 nitrogen and oxygen atoms in total. The molecule has 0 bridgehead atoms. The molecule has 0 aromatic heterocycles. The van der Waals surface area contributed by atoms with Gasteiger partial charge in [0.25, 0.3) is 0 Å². The highest BCUT2D eigenvalue weighted by Crippen LogP contribution is 2.29. The Morgan fingerprint density at radius 1 is 1.04 bits per heavy atom. The van der Waals surface area contributed by atoms with Crippen LogP contribution in [0.1, 0.15) is 5.56 Å². The monoisotopic (exact) mass is 375 g/mol. The van der Waals surface area contributed by atoms with Crippen LogP contribution in [-0.4, -0.2) is 31.9 Å². The molecule has 2 rings (SSSR count). The SMILES string of the molecule is O=S(=O)(NCc1ccc(B(O)O)cc1)c1ccccc1OC(F)(F)F. The number of ether oxygens (including phenoxy) is 1. The smallest absolute Gasteiger partial charge is 0.423 e. The van der Waals surface area contributed by atoms with Crippen molar-refractivity contribution in [2.45, 2.75) is 17.8 Å². The minimum Gasteiger partial charge on any atom is -0.423 e. The Balaban J connectivity index is 2.17. The van der Waals surface area contributed by atoms with Gasteiger partial charge >= 0.3 is 13.5 Å². The molecule has 0 aliphatic heterocycles. The van der Waals surface area contributed by atoms with Crippen LogP contribution < -0.4 is 14.9 Å². The lowest BCUT2D eigenvalue weighted by Crippen LogP contribution is -2.30. The van der Waals surface area contributed by atoms with E-state index in [9.17, 15) is 21.6 Å². The van der Waals surface area contributed by atoms with Crippen molar-refractivity contribution in [1.29, 1.82) is 0 Å². The Bertz CT molecular complexity index is 825. The maximum Gasteiger partial charge on any atom is 0.573 e. The zero-order valence-electron chi connectivity index (χ0n) is 12.6. The lowest BCUT2D eigenvalue weighted by atomic mass is 9.80. The molecule has 3 N–H and O–H groups in total. The average molecular weight is 375 g/mol. The minimum absolute atomic E-state index is 0.204. The van der Waals surface area contributed by atoms with Gasteiger partial charge in [-0.3, -0.25) is 0 Å². The predicted molar refractivity (Wildman–Crippen MR) is 83.4 cm³/mol. The maximum absolute atomic E-state index is 12.4. The lowest BCUT2D eigenvalue weighted by molar-refractivity contribution is -0.275. The van der Waals surface area contributed by atoms with Gasteiger partial charge in [-0.2, -0.15) is 0 Å². The van der Waals surface area contributed by atoms with Gasteiger partial charge in [0, 0.05) is 6.54 Å². The quantitative estimate of drug-likeness (QED) is 0.648. The van der Waals surface area contributed by atoms with Gasteiger partial charge in [0.2, 0.25) is 10.0 Å². The van der Waals surface area contributed by atoms with E-state index in [1.807, 2.05) is 0 Å². The highest BCUT2D eigenvalue weighted by Gasteiger charge is 2.33. The first-order valence-electron chi connectivity index (χ1n) is 6.88. The molecular weight excluding hydrogens is 362 g/mol. The van der Waals surface area contributed by atoms with Crippen LogP contribution in [0.25, 0.3) is 0 Å². The molecule has 0 aliphatic rings. The van der Waals surface area contributed by atoms with Crippen LogP contribution in [0.5, 0.6) is 5.75 Å². The minimum atomic E-state index is -5.02. The second-order valence-corrected chi connectivity index (χ2v) is 6.67. The van der Waals surface area contributed by atoms with Crippen LogP contribution in [0.2, 0.25) is 0 Å². The van der Waals surface area contributed by atoms with Crippen molar-refractivity contribution in [3.8, 4) is 5.75 Å². The zero-order valence-corrected chi connectivity index (χ0v) is 13.4. The molecule has 11 heteroatoms. The molecule has 0 heterocycles. The summed E-state index contributed by atoms with van der Waals surface area (Å²) in [7, 11) is -5.92. The third-order valence-corrected chi connectivity index (χ3v) is 4.55. The summed E-state index contributed by atoms with van der Waals surface area (Å²) >= 11 is 0. The summed E-state index contributed by atoms with van der Waals surface area (Å²) in [5.41, 5.74) is 0.692. The molecular formula is C14H13BF3NO5S. The van der Waals surface area contributed by atoms with E-state index in [0.29, 0.717) is 5.56 Å². The predicted octanol–water partition coefficient (Wildman–Crippen LogP) is 0.743. The summed E-state index contributed by atoms with van der Waals surface area (Å²) < 4.78 is 67.6. The van der Waals surface area contributed by atoms with Crippen LogP contribution >= 0.6 is 0 Å². The molecule has 0 radical (unpaired) electrons. The normalized spacial score (nSPS) is 12.0. The van der Waals surface area contributed by atoms with Gasteiger partial charge in [-0.25, -0.2) is 13.1 Å². The molecule has 0 aliphatic carbocycles. The third-order valence-electron chi connectivity index (χ3n) is 3.11. The first-order valence-corrected chi connectivity index (χ1v) is 8.36. The molecule has 2 aromatic carbocycles. The molecule has 0 unspecified atom stereocenters. The van der Waals surface area contributed by atoms with E-state index < -0.39 is 34.1 Å². The average Bonchev–Trinajstić information content (AvgIpc) is 2.52. The highest BCUT2D eigenvalue weighted by molar-refractivity contribution is 7.89. The van der Waals surface area contributed by atoms with E-state index in [0.717, 1.165) is 12.1 Å². The molecule has 0 atom stereocenters. The van der Waals surface area contributed by atoms with Gasteiger partial charge in [-0.1, -0.05) is 36.4 Å². The van der Waals surface area contributed by atoms with Gasteiger partial charge in [0.1, 0.15) is 10.6 Å². The number of halogens is 3. The fraction of sp³-hybridized carbons (Fsp3) is 0.143. The van der Waals surface area contributed by atoms with Gasteiger partial charge < -0.3 is 14.8 Å². The van der Waals surface area contributed by atoms with Crippen LogP contribution in [0.15, 0.2) is 53.4 Å². The maximum atomic E-state index is 12.4. The Labute approximate surface area is 142 Å². The number of rotatable bonds is 6. The van der Waals surface area contributed by atoms with E-state index >= 15 is 0 Å². The summed E-state index contributed by atoms with van der Waals surface area (Å²) in [6.45, 7) is -0.204. The van der Waals surface area contributed by atoms with Crippen molar-refractivity contribution in [3.63, 3.8) is 0 Å². The number of alkyl halides is 3. The van der Waals surface area contributed by atoms with E-state index in [1.54, 1.807) is 0 Å². The molecule has 0 amide bonds. The second-order valence-electron chi connectivity index (χ2n) is 4.93. The molecule has 0 saturated heterocycles. The molecule has 0 fully saturated rings. The molecule has 0 saturated carbocycles. The Morgan fingerprint density at radius 3 is 2.20 bits per heavy atom. The van der Waals surface area contributed by atoms with Gasteiger partial charge in [0.15, 0.2) is 0 Å². The number of hydrogen-bond acceptors (Lipinski definition) is 5. The Hall–Kier alpha value is -2.08. The summed E-state index contributed by atoms with van der Waals surface area (Å²) in [5.74, 6) is -0.832. The van der Waals surface area contributed by atoms with Crippen LogP contribution in [0.3, 0.4) is 0 Å². The largest absolute Gasteiger partial charge is 0.573 e. The molecule has 25 heavy (non-hydrogen) atoms. The Morgan fingerprint density at radius 2 is 1.64 bits per heavy atom. The zero-order chi connectivity index (χ0) is 18.7. The van der Waals surface area contributed by atoms with Crippen molar-refractivity contribution < 1.29 is 36.4 Å². The number of sulfonamides is 1. The van der Waals surface area contributed by atoms with Crippen LogP contribution in [-0.2, 0) is 16.6 Å². The molecule has 0 spiro atoms. The summed E-state index contributed by atoms with van der Waals surface area (Å²) in [6.07, 6.45) is -5.02. The second kappa shape index (κ2) is 7.44. The Kier molecular flexibility index (Phi) is 5.73. The van der Waals surface area contributed by atoms with E-state index in [2.05, 4.69) is 9.46 Å². The fourth-order valence-electron chi connectivity index (χ4n) is 1.94.